The van der Waals surface area contributed by atoms with E-state index in [0.29, 0.717) is 0 Å². The Morgan fingerprint density at radius 3 is 2.73 bits per heavy atom. The van der Waals surface area contributed by atoms with Gasteiger partial charge in [-0.1, -0.05) is 24.2 Å². The number of hydrogen-bond donors (Lipinski definition) is 1. The van der Waals surface area contributed by atoms with Crippen molar-refractivity contribution in [1.82, 2.24) is 0 Å². The zero-order valence-corrected chi connectivity index (χ0v) is 8.11. The van der Waals surface area contributed by atoms with Crippen LogP contribution in [0, 0.1) is 11.6 Å². The van der Waals surface area contributed by atoms with Crippen molar-refractivity contribution >= 4 is 0 Å². The van der Waals surface area contributed by atoms with Crippen LogP contribution in [0.25, 0.3) is 10.4 Å². The van der Waals surface area contributed by atoms with Crippen molar-refractivity contribution in [2.24, 2.45) is 10.8 Å². The first kappa shape index (κ1) is 11.4. The van der Waals surface area contributed by atoms with E-state index in [4.69, 9.17) is 11.3 Å². The Morgan fingerprint density at radius 1 is 1.53 bits per heavy atom. The highest BCUT2D eigenvalue weighted by molar-refractivity contribution is 5.26. The molecule has 2 N–H and O–H groups in total. The number of rotatable bonds is 3. The van der Waals surface area contributed by atoms with Gasteiger partial charge in [-0.2, -0.15) is 0 Å². The van der Waals surface area contributed by atoms with Crippen molar-refractivity contribution in [3.8, 4) is 0 Å². The van der Waals surface area contributed by atoms with Crippen LogP contribution in [0.5, 0.6) is 0 Å². The Bertz CT molecular complexity index is 415. The Labute approximate surface area is 85.3 Å². The lowest BCUT2D eigenvalue weighted by atomic mass is 9.98. The molecule has 0 fully saturated rings. The zero-order chi connectivity index (χ0) is 11.5. The smallest absolute Gasteiger partial charge is 0.163 e. The first-order valence-electron chi connectivity index (χ1n) is 4.34. The minimum Gasteiger partial charge on any atom is -0.317 e. The van der Waals surface area contributed by atoms with Crippen LogP contribution in [0.1, 0.15) is 18.9 Å². The third-order valence-electron chi connectivity index (χ3n) is 2.18. The third-order valence-corrected chi connectivity index (χ3v) is 2.18. The summed E-state index contributed by atoms with van der Waals surface area (Å²) in [6, 6.07) is 3.60. The van der Waals surface area contributed by atoms with Gasteiger partial charge in [-0.15, -0.1) is 0 Å². The third kappa shape index (κ3) is 2.06. The van der Waals surface area contributed by atoms with E-state index in [2.05, 4.69) is 10.0 Å². The highest BCUT2D eigenvalue weighted by Gasteiger charge is 2.28. The van der Waals surface area contributed by atoms with E-state index < -0.39 is 17.3 Å². The van der Waals surface area contributed by atoms with Gasteiger partial charge in [0.1, 0.15) is 5.66 Å². The molecule has 1 rings (SSSR count). The maximum absolute atomic E-state index is 13.4. The summed E-state index contributed by atoms with van der Waals surface area (Å²) < 4.78 is 26.3. The molecule has 0 heterocycles. The average Bonchev–Trinajstić information content (AvgIpc) is 2.22. The highest BCUT2D eigenvalue weighted by Crippen LogP contribution is 2.27. The second-order valence-corrected chi connectivity index (χ2v) is 3.07. The molecule has 0 spiro atoms. The van der Waals surface area contributed by atoms with E-state index in [1.165, 1.54) is 12.1 Å². The predicted octanol–water partition coefficient (Wildman–Crippen LogP) is 2.80. The standard InChI is InChI=1S/C9H10F2N4/c1-2-9(12,14-15-13)6-4-3-5-7(10)8(6)11/h3-5H,2,12H2,1H3. The van der Waals surface area contributed by atoms with E-state index in [0.717, 1.165) is 6.07 Å². The summed E-state index contributed by atoms with van der Waals surface area (Å²) >= 11 is 0. The Kier molecular flexibility index (Phi) is 3.24. The average molecular weight is 212 g/mol. The quantitative estimate of drug-likeness (QED) is 0.467. The minimum absolute atomic E-state index is 0.136. The summed E-state index contributed by atoms with van der Waals surface area (Å²) in [5.41, 5.74) is 12.3. The maximum atomic E-state index is 13.4. The minimum atomic E-state index is -1.54. The summed E-state index contributed by atoms with van der Waals surface area (Å²) in [4.78, 5) is 2.54. The normalized spacial score (nSPS) is 14.1. The van der Waals surface area contributed by atoms with Crippen molar-refractivity contribution < 1.29 is 8.78 Å². The van der Waals surface area contributed by atoms with Crippen LogP contribution >= 0.6 is 0 Å². The molecule has 0 bridgehead atoms. The van der Waals surface area contributed by atoms with Gasteiger partial charge in [0, 0.05) is 10.5 Å². The molecule has 1 aromatic carbocycles. The van der Waals surface area contributed by atoms with Gasteiger partial charge in [0.05, 0.1) is 0 Å². The van der Waals surface area contributed by atoms with E-state index in [1.54, 1.807) is 6.92 Å². The molecule has 0 aliphatic rings. The lowest BCUT2D eigenvalue weighted by Crippen LogP contribution is -2.34. The summed E-state index contributed by atoms with van der Waals surface area (Å²) in [6.45, 7) is 1.62. The fraction of sp³-hybridized carbons (Fsp3) is 0.333. The molecular weight excluding hydrogens is 202 g/mol. The van der Waals surface area contributed by atoms with Crippen molar-refractivity contribution in [3.63, 3.8) is 0 Å². The number of hydrogen-bond acceptors (Lipinski definition) is 2. The summed E-state index contributed by atoms with van der Waals surface area (Å²) in [5.74, 6) is -2.09. The molecule has 1 aromatic rings. The molecule has 4 nitrogen and oxygen atoms in total. The zero-order valence-electron chi connectivity index (χ0n) is 8.11. The molecule has 6 heteroatoms. The second kappa shape index (κ2) is 4.25. The van der Waals surface area contributed by atoms with Crippen LogP contribution in [-0.4, -0.2) is 0 Å². The molecule has 0 radical (unpaired) electrons. The number of nitrogens with zero attached hydrogens (tertiary/aromatic N) is 3. The summed E-state index contributed by atoms with van der Waals surface area (Å²) in [6.07, 6.45) is 0.178. The molecule has 15 heavy (non-hydrogen) atoms. The van der Waals surface area contributed by atoms with E-state index >= 15 is 0 Å². The van der Waals surface area contributed by atoms with E-state index in [9.17, 15) is 8.78 Å². The Hall–Kier alpha value is -1.65. The molecule has 0 amide bonds. The van der Waals surface area contributed by atoms with E-state index in [-0.39, 0.29) is 12.0 Å². The molecule has 80 valence electrons. The number of halogens is 2. The molecule has 0 aliphatic heterocycles. The Morgan fingerprint density at radius 2 is 2.20 bits per heavy atom. The summed E-state index contributed by atoms with van der Waals surface area (Å²) in [5, 5.41) is 3.30. The van der Waals surface area contributed by atoms with Gasteiger partial charge < -0.3 is 5.73 Å². The second-order valence-electron chi connectivity index (χ2n) is 3.07. The van der Waals surface area contributed by atoms with Crippen LogP contribution in [0.2, 0.25) is 0 Å². The highest BCUT2D eigenvalue weighted by atomic mass is 19.2. The molecule has 0 saturated carbocycles. The SMILES string of the molecule is CCC(N)(N=[N+]=[N-])c1cccc(F)c1F. The van der Waals surface area contributed by atoms with Gasteiger partial charge in [-0.3, -0.25) is 0 Å². The van der Waals surface area contributed by atoms with Crippen molar-refractivity contribution in [1.29, 1.82) is 0 Å². The Balaban J connectivity index is 3.36. The predicted molar refractivity (Wildman–Crippen MR) is 51.7 cm³/mol. The van der Waals surface area contributed by atoms with Crippen molar-refractivity contribution in [2.45, 2.75) is 19.0 Å². The fourth-order valence-corrected chi connectivity index (χ4v) is 1.23. The number of nitrogens with two attached hydrogens (primary N) is 1. The fourth-order valence-electron chi connectivity index (χ4n) is 1.23. The van der Waals surface area contributed by atoms with Crippen LogP contribution < -0.4 is 5.73 Å². The molecule has 1 unspecified atom stereocenters. The van der Waals surface area contributed by atoms with Crippen LogP contribution in [0.15, 0.2) is 23.3 Å². The van der Waals surface area contributed by atoms with Crippen molar-refractivity contribution in [3.05, 3.63) is 45.8 Å². The molecule has 0 saturated heterocycles. The molecular formula is C9H10F2N4. The maximum Gasteiger partial charge on any atom is 0.163 e. The molecule has 0 aliphatic carbocycles. The van der Waals surface area contributed by atoms with E-state index in [1.807, 2.05) is 0 Å². The summed E-state index contributed by atoms with van der Waals surface area (Å²) in [7, 11) is 0. The van der Waals surface area contributed by atoms with Gasteiger partial charge in [0.15, 0.2) is 11.6 Å². The number of azide groups is 1. The lowest BCUT2D eigenvalue weighted by Gasteiger charge is -2.22. The molecule has 1 atom stereocenters. The lowest BCUT2D eigenvalue weighted by molar-refractivity contribution is 0.402. The largest absolute Gasteiger partial charge is 0.317 e. The van der Waals surface area contributed by atoms with Gasteiger partial charge in [0.2, 0.25) is 0 Å². The first-order valence-corrected chi connectivity index (χ1v) is 4.34. The van der Waals surface area contributed by atoms with Crippen LogP contribution in [0.3, 0.4) is 0 Å². The van der Waals surface area contributed by atoms with Gasteiger partial charge in [0.25, 0.3) is 0 Å². The van der Waals surface area contributed by atoms with Crippen LogP contribution in [0.4, 0.5) is 8.78 Å². The van der Waals surface area contributed by atoms with Gasteiger partial charge in [-0.05, 0) is 18.0 Å². The van der Waals surface area contributed by atoms with Crippen LogP contribution in [-0.2, 0) is 5.66 Å². The number of benzene rings is 1. The molecule has 0 aromatic heterocycles. The van der Waals surface area contributed by atoms with Crippen molar-refractivity contribution in [2.75, 3.05) is 0 Å². The first-order chi connectivity index (χ1) is 7.05. The van der Waals surface area contributed by atoms with Gasteiger partial charge in [-0.25, -0.2) is 8.78 Å². The monoisotopic (exact) mass is 212 g/mol. The van der Waals surface area contributed by atoms with Gasteiger partial charge >= 0.3 is 0 Å². The topological polar surface area (TPSA) is 74.8 Å².